The highest BCUT2D eigenvalue weighted by Crippen LogP contribution is 2.33. The van der Waals surface area contributed by atoms with Crippen molar-refractivity contribution in [1.29, 1.82) is 0 Å². The molecular formula is C11H10O2S. The van der Waals surface area contributed by atoms with Crippen LogP contribution in [-0.2, 0) is 9.59 Å². The third-order valence-electron chi connectivity index (χ3n) is 2.34. The molecule has 3 heteroatoms. The second kappa shape index (κ2) is 3.96. The molecule has 1 heterocycles. The Morgan fingerprint density at radius 2 is 1.86 bits per heavy atom. The van der Waals surface area contributed by atoms with E-state index in [9.17, 15) is 9.59 Å². The summed E-state index contributed by atoms with van der Waals surface area (Å²) in [5.41, 5.74) is 1.03. The Morgan fingerprint density at radius 1 is 1.14 bits per heavy atom. The van der Waals surface area contributed by atoms with Gasteiger partial charge in [-0.15, -0.1) is 0 Å². The van der Waals surface area contributed by atoms with Gasteiger partial charge in [0.1, 0.15) is 0 Å². The lowest BCUT2D eigenvalue weighted by molar-refractivity contribution is -0.116. The minimum Gasteiger partial charge on any atom is -0.287 e. The average molecular weight is 206 g/mol. The number of benzene rings is 1. The fraction of sp³-hybridized carbons (Fsp3) is 0.273. The molecule has 2 rings (SSSR count). The lowest BCUT2D eigenvalue weighted by Gasteiger charge is -2.18. The maximum atomic E-state index is 11.5. The number of carbonyl (C=O) groups is 2. The van der Waals surface area contributed by atoms with E-state index in [0.29, 0.717) is 12.8 Å². The smallest absolute Gasteiger partial charge is 0.203 e. The van der Waals surface area contributed by atoms with Crippen molar-refractivity contribution in [1.82, 2.24) is 0 Å². The van der Waals surface area contributed by atoms with E-state index in [0.717, 1.165) is 17.3 Å². The molecule has 0 saturated carbocycles. The molecule has 0 amide bonds. The monoisotopic (exact) mass is 206 g/mol. The molecule has 1 fully saturated rings. The molecule has 1 saturated heterocycles. The number of hydrogen-bond acceptors (Lipinski definition) is 3. The molecule has 1 atom stereocenters. The molecule has 1 aliphatic rings. The fourth-order valence-corrected chi connectivity index (χ4v) is 2.44. The van der Waals surface area contributed by atoms with Crippen molar-refractivity contribution in [2.45, 2.75) is 18.8 Å². The topological polar surface area (TPSA) is 34.1 Å². The molecular weight excluding hydrogens is 196 g/mol. The molecule has 0 aliphatic carbocycles. The lowest BCUT2D eigenvalue weighted by Crippen LogP contribution is -2.17. The van der Waals surface area contributed by atoms with E-state index in [4.69, 9.17) is 0 Å². The maximum Gasteiger partial charge on any atom is 0.203 e. The summed E-state index contributed by atoms with van der Waals surface area (Å²) in [5, 5.41) is -0.00497. The van der Waals surface area contributed by atoms with Crippen molar-refractivity contribution in [3.05, 3.63) is 35.9 Å². The van der Waals surface area contributed by atoms with E-state index in [-0.39, 0.29) is 16.1 Å². The highest BCUT2D eigenvalue weighted by atomic mass is 32.2. The van der Waals surface area contributed by atoms with Crippen molar-refractivity contribution in [2.24, 2.45) is 0 Å². The molecule has 1 aromatic carbocycles. The Bertz CT molecular complexity index is 359. The van der Waals surface area contributed by atoms with Crippen molar-refractivity contribution in [2.75, 3.05) is 0 Å². The first-order chi connectivity index (χ1) is 6.77. The molecule has 2 nitrogen and oxygen atoms in total. The minimum atomic E-state index is -0.0844. The van der Waals surface area contributed by atoms with Gasteiger partial charge in [0.15, 0.2) is 5.12 Å². The Labute approximate surface area is 86.7 Å². The zero-order chi connectivity index (χ0) is 9.97. The van der Waals surface area contributed by atoms with Crippen molar-refractivity contribution in [3.63, 3.8) is 0 Å². The van der Waals surface area contributed by atoms with Crippen molar-refractivity contribution >= 4 is 22.0 Å². The van der Waals surface area contributed by atoms with Gasteiger partial charge in [-0.1, -0.05) is 30.3 Å². The van der Waals surface area contributed by atoms with Gasteiger partial charge in [0, 0.05) is 6.42 Å². The third kappa shape index (κ3) is 1.87. The summed E-state index contributed by atoms with van der Waals surface area (Å²) < 4.78 is 0. The Hall–Kier alpha value is -1.09. The van der Waals surface area contributed by atoms with Gasteiger partial charge in [-0.2, -0.15) is 0 Å². The van der Waals surface area contributed by atoms with Crippen LogP contribution in [0, 0.1) is 0 Å². The first kappa shape index (κ1) is 9.46. The standard InChI is InChI=1S/C11H10O2S/c12-10-7-6-9(11(13)14-10)8-4-2-1-3-5-8/h1-5,9H,6-7H2. The molecule has 1 aliphatic heterocycles. The summed E-state index contributed by atoms with van der Waals surface area (Å²) in [6, 6.07) is 9.65. The molecule has 1 aromatic rings. The molecule has 0 aromatic heterocycles. The predicted molar refractivity (Wildman–Crippen MR) is 56.0 cm³/mol. The van der Waals surface area contributed by atoms with E-state index >= 15 is 0 Å². The van der Waals surface area contributed by atoms with Gasteiger partial charge in [0.05, 0.1) is 5.92 Å². The summed E-state index contributed by atoms with van der Waals surface area (Å²) in [6.07, 6.45) is 1.17. The Morgan fingerprint density at radius 3 is 2.50 bits per heavy atom. The summed E-state index contributed by atoms with van der Waals surface area (Å²) in [6.45, 7) is 0. The van der Waals surface area contributed by atoms with Crippen molar-refractivity contribution < 1.29 is 9.59 Å². The minimum absolute atomic E-state index is 0.00202. The average Bonchev–Trinajstić information content (AvgIpc) is 2.19. The highest BCUT2D eigenvalue weighted by molar-refractivity contribution is 8.26. The van der Waals surface area contributed by atoms with E-state index in [1.165, 1.54) is 0 Å². The summed E-state index contributed by atoms with van der Waals surface area (Å²) >= 11 is 0.866. The summed E-state index contributed by atoms with van der Waals surface area (Å²) in [7, 11) is 0. The Balaban J connectivity index is 2.20. The van der Waals surface area contributed by atoms with Gasteiger partial charge in [-0.3, -0.25) is 9.59 Å². The third-order valence-corrected chi connectivity index (χ3v) is 3.26. The van der Waals surface area contributed by atoms with Crippen LogP contribution in [0.2, 0.25) is 0 Å². The molecule has 72 valence electrons. The van der Waals surface area contributed by atoms with Gasteiger partial charge < -0.3 is 0 Å². The maximum absolute atomic E-state index is 11.5. The number of carbonyl (C=O) groups excluding carboxylic acids is 2. The zero-order valence-corrected chi connectivity index (χ0v) is 8.42. The van der Waals surface area contributed by atoms with Crippen LogP contribution < -0.4 is 0 Å². The lowest BCUT2D eigenvalue weighted by atomic mass is 9.95. The van der Waals surface area contributed by atoms with Crippen LogP contribution in [0.15, 0.2) is 30.3 Å². The fourth-order valence-electron chi connectivity index (χ4n) is 1.60. The number of rotatable bonds is 1. The first-order valence-electron chi connectivity index (χ1n) is 4.57. The van der Waals surface area contributed by atoms with Crippen LogP contribution in [-0.4, -0.2) is 10.2 Å². The van der Waals surface area contributed by atoms with Gasteiger partial charge in [0.25, 0.3) is 0 Å². The van der Waals surface area contributed by atoms with Gasteiger partial charge in [-0.05, 0) is 23.7 Å². The second-order valence-electron chi connectivity index (χ2n) is 3.30. The molecule has 0 bridgehead atoms. The molecule has 14 heavy (non-hydrogen) atoms. The second-order valence-corrected chi connectivity index (χ2v) is 4.36. The van der Waals surface area contributed by atoms with Gasteiger partial charge in [0.2, 0.25) is 5.12 Å². The summed E-state index contributed by atoms with van der Waals surface area (Å²) in [5.74, 6) is -0.0844. The predicted octanol–water partition coefficient (Wildman–Crippen LogP) is 2.35. The number of thioether (sulfide) groups is 1. The molecule has 1 unspecified atom stereocenters. The van der Waals surface area contributed by atoms with E-state index in [1.807, 2.05) is 30.3 Å². The van der Waals surface area contributed by atoms with E-state index < -0.39 is 0 Å². The molecule has 0 spiro atoms. The van der Waals surface area contributed by atoms with Gasteiger partial charge in [-0.25, -0.2) is 0 Å². The first-order valence-corrected chi connectivity index (χ1v) is 5.38. The van der Waals surface area contributed by atoms with Crippen LogP contribution >= 0.6 is 11.8 Å². The number of hydrogen-bond donors (Lipinski definition) is 0. The SMILES string of the molecule is O=C1CCC(c2ccccc2)C(=O)S1. The highest BCUT2D eigenvalue weighted by Gasteiger charge is 2.28. The zero-order valence-electron chi connectivity index (χ0n) is 7.60. The van der Waals surface area contributed by atoms with E-state index in [1.54, 1.807) is 0 Å². The van der Waals surface area contributed by atoms with Crippen LogP contribution in [0.5, 0.6) is 0 Å². The largest absolute Gasteiger partial charge is 0.287 e. The van der Waals surface area contributed by atoms with E-state index in [2.05, 4.69) is 0 Å². The normalized spacial score (nSPS) is 22.4. The van der Waals surface area contributed by atoms with Crippen LogP contribution in [0.4, 0.5) is 0 Å². The molecule has 0 radical (unpaired) electrons. The Kier molecular flexibility index (Phi) is 2.68. The quantitative estimate of drug-likeness (QED) is 0.707. The molecule has 0 N–H and O–H groups in total. The van der Waals surface area contributed by atoms with Crippen LogP contribution in [0.3, 0.4) is 0 Å². The van der Waals surface area contributed by atoms with Crippen LogP contribution in [0.25, 0.3) is 0 Å². The van der Waals surface area contributed by atoms with Gasteiger partial charge >= 0.3 is 0 Å². The summed E-state index contributed by atoms with van der Waals surface area (Å²) in [4.78, 5) is 22.5. The van der Waals surface area contributed by atoms with Crippen LogP contribution in [0.1, 0.15) is 24.3 Å². The van der Waals surface area contributed by atoms with Crippen molar-refractivity contribution in [3.8, 4) is 0 Å².